The van der Waals surface area contributed by atoms with Gasteiger partial charge < -0.3 is 15.0 Å². The first-order valence-electron chi connectivity index (χ1n) is 7.42. The molecule has 1 N–H and O–H groups in total. The van der Waals surface area contributed by atoms with Crippen LogP contribution in [0.4, 0.5) is 11.4 Å². The lowest BCUT2D eigenvalue weighted by Gasteiger charge is -2.30. The standard InChI is InChI=1S/C18H18N2O3/c1-11-5-4-6-13(9-11)17(21)19-14-7-8-16-15(10-14)20(3)18(22)12(2)23-16/h4-10,12H,1-3H3,(H,19,21)/t12-/m0/s1. The Bertz CT molecular complexity index is 786. The second kappa shape index (κ2) is 5.76. The van der Waals surface area contributed by atoms with Gasteiger partial charge in [0.05, 0.1) is 5.69 Å². The molecule has 1 atom stereocenters. The normalized spacial score (nSPS) is 16.6. The first-order chi connectivity index (χ1) is 11.0. The lowest BCUT2D eigenvalue weighted by Crippen LogP contribution is -2.41. The molecule has 23 heavy (non-hydrogen) atoms. The highest BCUT2D eigenvalue weighted by molar-refractivity contribution is 6.05. The molecular weight excluding hydrogens is 292 g/mol. The Morgan fingerprint density at radius 3 is 2.74 bits per heavy atom. The maximum atomic E-state index is 12.3. The zero-order valence-electron chi connectivity index (χ0n) is 13.3. The van der Waals surface area contributed by atoms with E-state index < -0.39 is 6.10 Å². The molecule has 1 aliphatic heterocycles. The van der Waals surface area contributed by atoms with Crippen molar-refractivity contribution >= 4 is 23.2 Å². The molecule has 118 valence electrons. The minimum Gasteiger partial charge on any atom is -0.479 e. The van der Waals surface area contributed by atoms with Crippen LogP contribution in [0.1, 0.15) is 22.8 Å². The minimum atomic E-state index is -0.500. The molecule has 2 amide bonds. The number of carbonyl (C=O) groups excluding carboxylic acids is 2. The van der Waals surface area contributed by atoms with Gasteiger partial charge in [0.15, 0.2) is 6.10 Å². The summed E-state index contributed by atoms with van der Waals surface area (Å²) in [6, 6.07) is 12.7. The Balaban J connectivity index is 1.85. The van der Waals surface area contributed by atoms with Gasteiger partial charge in [-0.1, -0.05) is 17.7 Å². The summed E-state index contributed by atoms with van der Waals surface area (Å²) in [5, 5.41) is 2.85. The molecule has 2 aromatic rings. The summed E-state index contributed by atoms with van der Waals surface area (Å²) >= 11 is 0. The number of anilines is 2. The van der Waals surface area contributed by atoms with E-state index in [-0.39, 0.29) is 11.8 Å². The van der Waals surface area contributed by atoms with Gasteiger partial charge in [-0.3, -0.25) is 9.59 Å². The average molecular weight is 310 g/mol. The maximum Gasteiger partial charge on any atom is 0.267 e. The number of aryl methyl sites for hydroxylation is 1. The molecule has 0 aromatic heterocycles. The van der Waals surface area contributed by atoms with Crippen LogP contribution in [0.3, 0.4) is 0 Å². The molecule has 1 aliphatic rings. The van der Waals surface area contributed by atoms with Crippen LogP contribution >= 0.6 is 0 Å². The number of rotatable bonds is 2. The summed E-state index contributed by atoms with van der Waals surface area (Å²) in [5.74, 6) is 0.334. The molecule has 0 fully saturated rings. The van der Waals surface area contributed by atoms with Crippen molar-refractivity contribution in [3.8, 4) is 5.75 Å². The van der Waals surface area contributed by atoms with Gasteiger partial charge in [0.1, 0.15) is 5.75 Å². The van der Waals surface area contributed by atoms with E-state index in [0.29, 0.717) is 22.7 Å². The van der Waals surface area contributed by atoms with E-state index in [4.69, 9.17) is 4.74 Å². The van der Waals surface area contributed by atoms with Gasteiger partial charge in [-0.15, -0.1) is 0 Å². The summed E-state index contributed by atoms with van der Waals surface area (Å²) in [6.07, 6.45) is -0.500. The Kier molecular flexibility index (Phi) is 3.78. The van der Waals surface area contributed by atoms with Crippen LogP contribution in [-0.2, 0) is 4.79 Å². The van der Waals surface area contributed by atoms with E-state index in [1.807, 2.05) is 25.1 Å². The summed E-state index contributed by atoms with van der Waals surface area (Å²) in [6.45, 7) is 3.66. The van der Waals surface area contributed by atoms with Crippen LogP contribution in [0.2, 0.25) is 0 Å². The zero-order chi connectivity index (χ0) is 16.6. The number of hydrogen-bond donors (Lipinski definition) is 1. The average Bonchev–Trinajstić information content (AvgIpc) is 2.53. The van der Waals surface area contributed by atoms with E-state index in [9.17, 15) is 9.59 Å². The fourth-order valence-electron chi connectivity index (χ4n) is 2.58. The summed E-state index contributed by atoms with van der Waals surface area (Å²) in [5.41, 5.74) is 2.89. The number of fused-ring (bicyclic) bond motifs is 1. The minimum absolute atomic E-state index is 0.111. The first-order valence-corrected chi connectivity index (χ1v) is 7.42. The van der Waals surface area contributed by atoms with Crippen molar-refractivity contribution in [2.45, 2.75) is 20.0 Å². The Morgan fingerprint density at radius 2 is 2.00 bits per heavy atom. The van der Waals surface area contributed by atoms with E-state index in [1.165, 1.54) is 0 Å². The summed E-state index contributed by atoms with van der Waals surface area (Å²) in [7, 11) is 1.70. The molecule has 0 radical (unpaired) electrons. The van der Waals surface area contributed by atoms with E-state index >= 15 is 0 Å². The number of nitrogens with zero attached hydrogens (tertiary/aromatic N) is 1. The molecule has 0 spiro atoms. The number of nitrogens with one attached hydrogen (secondary N) is 1. The van der Waals surface area contributed by atoms with Crippen molar-refractivity contribution in [3.05, 3.63) is 53.6 Å². The number of amides is 2. The van der Waals surface area contributed by atoms with E-state index in [1.54, 1.807) is 43.1 Å². The van der Waals surface area contributed by atoms with Crippen molar-refractivity contribution in [2.75, 3.05) is 17.3 Å². The molecule has 0 unspecified atom stereocenters. The van der Waals surface area contributed by atoms with Gasteiger partial charge in [-0.25, -0.2) is 0 Å². The van der Waals surface area contributed by atoms with Crippen LogP contribution < -0.4 is 15.0 Å². The van der Waals surface area contributed by atoms with Crippen LogP contribution in [0, 0.1) is 6.92 Å². The highest BCUT2D eigenvalue weighted by atomic mass is 16.5. The fourth-order valence-corrected chi connectivity index (χ4v) is 2.58. The van der Waals surface area contributed by atoms with Crippen molar-refractivity contribution in [2.24, 2.45) is 0 Å². The molecule has 0 aliphatic carbocycles. The van der Waals surface area contributed by atoms with Crippen molar-refractivity contribution in [3.63, 3.8) is 0 Å². The Labute approximate surface area is 134 Å². The number of likely N-dealkylation sites (N-methyl/N-ethyl adjacent to an activating group) is 1. The first kappa shape index (κ1) is 15.1. The van der Waals surface area contributed by atoms with Gasteiger partial charge >= 0.3 is 0 Å². The highest BCUT2D eigenvalue weighted by Crippen LogP contribution is 2.35. The molecule has 5 nitrogen and oxygen atoms in total. The zero-order valence-corrected chi connectivity index (χ0v) is 13.3. The smallest absolute Gasteiger partial charge is 0.267 e. The quantitative estimate of drug-likeness (QED) is 0.927. The summed E-state index contributed by atoms with van der Waals surface area (Å²) < 4.78 is 5.57. The molecule has 0 saturated carbocycles. The third-order valence-corrected chi connectivity index (χ3v) is 3.84. The van der Waals surface area contributed by atoms with Gasteiger partial charge in [0, 0.05) is 18.3 Å². The topological polar surface area (TPSA) is 58.6 Å². The highest BCUT2D eigenvalue weighted by Gasteiger charge is 2.29. The number of benzene rings is 2. The largest absolute Gasteiger partial charge is 0.479 e. The fraction of sp³-hybridized carbons (Fsp3) is 0.222. The van der Waals surface area contributed by atoms with Crippen LogP contribution in [0.25, 0.3) is 0 Å². The SMILES string of the molecule is Cc1cccc(C(=O)Nc2ccc3c(c2)N(C)C(=O)[C@H](C)O3)c1. The van der Waals surface area contributed by atoms with Gasteiger partial charge in [0.25, 0.3) is 11.8 Å². The summed E-state index contributed by atoms with van der Waals surface area (Å²) in [4.78, 5) is 25.9. The molecular formula is C18H18N2O3. The van der Waals surface area contributed by atoms with Crippen LogP contribution in [-0.4, -0.2) is 25.0 Å². The van der Waals surface area contributed by atoms with Crippen LogP contribution in [0.15, 0.2) is 42.5 Å². The lowest BCUT2D eigenvalue weighted by atomic mass is 10.1. The predicted octanol–water partition coefficient (Wildman–Crippen LogP) is 2.99. The monoisotopic (exact) mass is 310 g/mol. The third-order valence-electron chi connectivity index (χ3n) is 3.84. The van der Waals surface area contributed by atoms with Gasteiger partial charge in [0.2, 0.25) is 0 Å². The second-order valence-corrected chi connectivity index (χ2v) is 5.66. The molecule has 2 aromatic carbocycles. The van der Waals surface area contributed by atoms with Gasteiger partial charge in [-0.2, -0.15) is 0 Å². The number of carbonyl (C=O) groups is 2. The van der Waals surface area contributed by atoms with E-state index in [2.05, 4.69) is 5.32 Å². The number of hydrogen-bond acceptors (Lipinski definition) is 3. The van der Waals surface area contributed by atoms with Crippen LogP contribution in [0.5, 0.6) is 5.75 Å². The molecule has 1 heterocycles. The van der Waals surface area contributed by atoms with Gasteiger partial charge in [-0.05, 0) is 44.2 Å². The maximum absolute atomic E-state index is 12.3. The molecule has 0 bridgehead atoms. The number of ether oxygens (including phenoxy) is 1. The third kappa shape index (κ3) is 2.90. The molecule has 5 heteroatoms. The molecule has 0 saturated heterocycles. The second-order valence-electron chi connectivity index (χ2n) is 5.66. The predicted molar refractivity (Wildman–Crippen MR) is 89.1 cm³/mol. The van der Waals surface area contributed by atoms with Crippen molar-refractivity contribution < 1.29 is 14.3 Å². The Hall–Kier alpha value is -2.82. The lowest BCUT2D eigenvalue weighted by molar-refractivity contribution is -0.125. The van der Waals surface area contributed by atoms with Crippen molar-refractivity contribution in [1.82, 2.24) is 0 Å². The van der Waals surface area contributed by atoms with Crippen molar-refractivity contribution in [1.29, 1.82) is 0 Å². The Morgan fingerprint density at radius 1 is 1.22 bits per heavy atom. The molecule has 3 rings (SSSR count). The van der Waals surface area contributed by atoms with E-state index in [0.717, 1.165) is 5.56 Å².